The fourth-order valence-corrected chi connectivity index (χ4v) is 3.08. The number of anilines is 1. The highest BCUT2D eigenvalue weighted by atomic mass is 79.9. The minimum absolute atomic E-state index is 0.304. The van der Waals surface area contributed by atoms with E-state index in [1.807, 2.05) is 36.4 Å². The number of rotatable bonds is 6. The van der Waals surface area contributed by atoms with E-state index in [-0.39, 0.29) is 5.82 Å². The molecule has 0 radical (unpaired) electrons. The van der Waals surface area contributed by atoms with Crippen molar-refractivity contribution in [2.24, 2.45) is 0 Å². The fourth-order valence-electron chi connectivity index (χ4n) is 2.76. The van der Waals surface area contributed by atoms with Crippen LogP contribution in [0, 0.1) is 5.82 Å². The first-order valence-corrected chi connectivity index (χ1v) is 8.82. The first-order chi connectivity index (χ1) is 12.2. The van der Waals surface area contributed by atoms with Gasteiger partial charge in [0.05, 0.1) is 17.3 Å². The lowest BCUT2D eigenvalue weighted by atomic mass is 10.1. The molecule has 0 saturated heterocycles. The van der Waals surface area contributed by atoms with E-state index in [0.29, 0.717) is 23.3 Å². The molecular weight excluding hydrogens is 381 g/mol. The van der Waals surface area contributed by atoms with E-state index in [4.69, 9.17) is 4.74 Å². The van der Waals surface area contributed by atoms with Crippen LogP contribution in [0.2, 0.25) is 0 Å². The lowest BCUT2D eigenvalue weighted by Crippen LogP contribution is -2.23. The summed E-state index contributed by atoms with van der Waals surface area (Å²) in [7, 11) is 1.60. The average Bonchev–Trinajstić information content (AvgIpc) is 2.65. The Kier molecular flexibility index (Phi) is 5.71. The molecule has 25 heavy (non-hydrogen) atoms. The Bertz CT molecular complexity index is 783. The van der Waals surface area contributed by atoms with Gasteiger partial charge in [-0.25, -0.2) is 4.39 Å². The molecule has 0 unspecified atom stereocenters. The van der Waals surface area contributed by atoms with E-state index in [9.17, 15) is 4.39 Å². The van der Waals surface area contributed by atoms with E-state index in [1.54, 1.807) is 13.2 Å². The van der Waals surface area contributed by atoms with Crippen molar-refractivity contribution in [2.45, 2.75) is 13.1 Å². The Morgan fingerprint density at radius 3 is 1.88 bits per heavy atom. The molecule has 0 heterocycles. The maximum Gasteiger partial charge on any atom is 0.143 e. The van der Waals surface area contributed by atoms with Gasteiger partial charge in [0.1, 0.15) is 11.6 Å². The second kappa shape index (κ2) is 8.17. The topological polar surface area (TPSA) is 12.5 Å². The molecule has 0 saturated carbocycles. The van der Waals surface area contributed by atoms with E-state index in [0.717, 1.165) is 16.8 Å². The summed E-state index contributed by atoms with van der Waals surface area (Å²) in [6.45, 7) is 1.32. The molecule has 0 aromatic heterocycles. The van der Waals surface area contributed by atoms with Crippen molar-refractivity contribution in [1.29, 1.82) is 0 Å². The minimum Gasteiger partial charge on any atom is -0.495 e. The molecular formula is C21H19BrFNO. The molecule has 0 amide bonds. The normalized spacial score (nSPS) is 10.5. The number of benzene rings is 3. The molecule has 0 spiro atoms. The number of nitrogens with zero attached hydrogens (tertiary/aromatic N) is 1. The van der Waals surface area contributed by atoms with Gasteiger partial charge in [0, 0.05) is 19.2 Å². The lowest BCUT2D eigenvalue weighted by Gasteiger charge is -2.27. The Morgan fingerprint density at radius 2 is 1.40 bits per heavy atom. The van der Waals surface area contributed by atoms with Crippen molar-refractivity contribution in [3.63, 3.8) is 0 Å². The van der Waals surface area contributed by atoms with Crippen molar-refractivity contribution in [3.05, 3.63) is 94.2 Å². The Hall–Kier alpha value is -2.33. The third kappa shape index (κ3) is 4.40. The molecule has 3 rings (SSSR count). The molecule has 3 aromatic carbocycles. The highest BCUT2D eigenvalue weighted by molar-refractivity contribution is 9.10. The van der Waals surface area contributed by atoms with Gasteiger partial charge >= 0.3 is 0 Å². The maximum atomic E-state index is 14.2. The highest BCUT2D eigenvalue weighted by Gasteiger charge is 2.16. The number of hydrogen-bond acceptors (Lipinski definition) is 2. The number of hydrogen-bond donors (Lipinski definition) is 0. The zero-order valence-electron chi connectivity index (χ0n) is 14.0. The first kappa shape index (κ1) is 17.5. The van der Waals surface area contributed by atoms with Crippen LogP contribution in [-0.2, 0) is 13.1 Å². The van der Waals surface area contributed by atoms with Gasteiger partial charge in [-0.1, -0.05) is 60.7 Å². The zero-order valence-corrected chi connectivity index (χ0v) is 15.5. The second-order valence-electron chi connectivity index (χ2n) is 5.77. The number of ether oxygens (including phenoxy) is 1. The summed E-state index contributed by atoms with van der Waals surface area (Å²) in [5.41, 5.74) is 3.04. The van der Waals surface area contributed by atoms with Gasteiger partial charge in [0.25, 0.3) is 0 Å². The third-order valence-corrected chi connectivity index (χ3v) is 4.60. The van der Waals surface area contributed by atoms with Gasteiger partial charge in [-0.3, -0.25) is 0 Å². The predicted molar refractivity (Wildman–Crippen MR) is 103 cm³/mol. The van der Waals surface area contributed by atoms with E-state index >= 15 is 0 Å². The van der Waals surface area contributed by atoms with Gasteiger partial charge in [0.15, 0.2) is 0 Å². The Morgan fingerprint density at radius 1 is 0.880 bits per heavy atom. The molecule has 3 aromatic rings. The molecule has 0 atom stereocenters. The lowest BCUT2D eigenvalue weighted by molar-refractivity contribution is 0.412. The van der Waals surface area contributed by atoms with E-state index < -0.39 is 0 Å². The van der Waals surface area contributed by atoms with Gasteiger partial charge in [-0.15, -0.1) is 0 Å². The summed E-state index contributed by atoms with van der Waals surface area (Å²) in [6.07, 6.45) is 0. The first-order valence-electron chi connectivity index (χ1n) is 8.03. The molecule has 0 aliphatic carbocycles. The van der Waals surface area contributed by atoms with Gasteiger partial charge in [0.2, 0.25) is 0 Å². The van der Waals surface area contributed by atoms with Crippen LogP contribution in [0.3, 0.4) is 0 Å². The van der Waals surface area contributed by atoms with Crippen LogP contribution in [0.4, 0.5) is 10.1 Å². The van der Waals surface area contributed by atoms with Crippen LogP contribution < -0.4 is 9.64 Å². The second-order valence-corrected chi connectivity index (χ2v) is 6.62. The van der Waals surface area contributed by atoms with Gasteiger partial charge in [-0.05, 0) is 33.1 Å². The van der Waals surface area contributed by atoms with Crippen molar-refractivity contribution in [1.82, 2.24) is 0 Å². The van der Waals surface area contributed by atoms with Crippen LogP contribution in [0.25, 0.3) is 0 Å². The molecule has 0 aliphatic rings. The third-order valence-electron chi connectivity index (χ3n) is 3.99. The van der Waals surface area contributed by atoms with Crippen molar-refractivity contribution in [3.8, 4) is 5.75 Å². The van der Waals surface area contributed by atoms with Gasteiger partial charge in [-0.2, -0.15) is 0 Å². The largest absolute Gasteiger partial charge is 0.495 e. The Balaban J connectivity index is 2.00. The van der Waals surface area contributed by atoms with E-state index in [1.165, 1.54) is 6.07 Å². The van der Waals surface area contributed by atoms with E-state index in [2.05, 4.69) is 45.1 Å². The smallest absolute Gasteiger partial charge is 0.143 e. The summed E-state index contributed by atoms with van der Waals surface area (Å²) >= 11 is 3.23. The SMILES string of the molecule is COc1cc(Br)c(F)cc1N(Cc1ccccc1)Cc1ccccc1. The predicted octanol–water partition coefficient (Wildman–Crippen LogP) is 5.80. The highest BCUT2D eigenvalue weighted by Crippen LogP contribution is 2.35. The van der Waals surface area contributed by atoms with Crippen molar-refractivity contribution >= 4 is 21.6 Å². The molecule has 128 valence electrons. The van der Waals surface area contributed by atoms with Crippen molar-refractivity contribution in [2.75, 3.05) is 12.0 Å². The summed E-state index contributed by atoms with van der Waals surface area (Å²) in [4.78, 5) is 2.12. The summed E-state index contributed by atoms with van der Waals surface area (Å²) < 4.78 is 20.1. The zero-order chi connectivity index (χ0) is 17.6. The van der Waals surface area contributed by atoms with Crippen LogP contribution >= 0.6 is 15.9 Å². The van der Waals surface area contributed by atoms with Gasteiger partial charge < -0.3 is 9.64 Å². The maximum absolute atomic E-state index is 14.2. The molecule has 0 N–H and O–H groups in total. The quantitative estimate of drug-likeness (QED) is 0.518. The standard InChI is InChI=1S/C21H19BrFNO/c1-25-21-12-18(22)19(23)13-20(21)24(14-16-8-4-2-5-9-16)15-17-10-6-3-7-11-17/h2-13H,14-15H2,1H3. The number of halogens is 2. The minimum atomic E-state index is -0.304. The average molecular weight is 400 g/mol. The van der Waals surface area contributed by atoms with Crippen molar-refractivity contribution < 1.29 is 9.13 Å². The molecule has 0 bridgehead atoms. The summed E-state index contributed by atoms with van der Waals surface area (Å²) in [5, 5.41) is 0. The fraction of sp³-hybridized carbons (Fsp3) is 0.143. The summed E-state index contributed by atoms with van der Waals surface area (Å²) in [5.74, 6) is 0.335. The van der Waals surface area contributed by atoms with Crippen LogP contribution in [0.1, 0.15) is 11.1 Å². The molecule has 0 fully saturated rings. The molecule has 2 nitrogen and oxygen atoms in total. The summed E-state index contributed by atoms with van der Waals surface area (Å²) in [6, 6.07) is 23.5. The molecule has 4 heteroatoms. The number of methoxy groups -OCH3 is 1. The monoisotopic (exact) mass is 399 g/mol. The molecule has 0 aliphatic heterocycles. The Labute approximate surface area is 156 Å². The van der Waals surface area contributed by atoms with Crippen LogP contribution in [0.15, 0.2) is 77.3 Å². The van der Waals surface area contributed by atoms with Crippen LogP contribution in [-0.4, -0.2) is 7.11 Å². The van der Waals surface area contributed by atoms with Crippen LogP contribution in [0.5, 0.6) is 5.75 Å².